The SMILES string of the molecule is CSCCCNC(=O)C(C)(C)OCCC(C)(C)C(C)(C)OC(C)CC(C)(C)OCC(C)OC(C)(C)CC(C)OC(C)(C)C(C)(C)CCOC(C)(C)C(=O)NCCCSC. The molecule has 0 saturated carbocycles. The molecule has 0 radical (unpaired) electrons. The second-order valence-electron chi connectivity index (χ2n) is 21.2. The van der Waals surface area contributed by atoms with Gasteiger partial charge in [-0.05, 0) is 164 Å². The third-order valence-electron chi connectivity index (χ3n) is 12.1. The van der Waals surface area contributed by atoms with E-state index >= 15 is 0 Å². The molecule has 0 bridgehead atoms. The van der Waals surface area contributed by atoms with Crippen molar-refractivity contribution in [3.63, 3.8) is 0 Å². The first kappa shape index (κ1) is 58.4. The fourth-order valence-corrected chi connectivity index (χ4v) is 7.81. The van der Waals surface area contributed by atoms with Crippen LogP contribution in [-0.2, 0) is 38.0 Å². The molecule has 0 fully saturated rings. The van der Waals surface area contributed by atoms with E-state index in [1.807, 2.05) is 27.7 Å². The Morgan fingerprint density at radius 1 is 0.508 bits per heavy atom. The lowest BCUT2D eigenvalue weighted by molar-refractivity contribution is -0.181. The molecule has 0 spiro atoms. The number of ether oxygens (including phenoxy) is 6. The topological polar surface area (TPSA) is 114 Å². The van der Waals surface area contributed by atoms with Crippen LogP contribution in [0.1, 0.15) is 170 Å². The van der Waals surface area contributed by atoms with Crippen molar-refractivity contribution in [3.05, 3.63) is 0 Å². The van der Waals surface area contributed by atoms with Gasteiger partial charge >= 0.3 is 0 Å². The second-order valence-corrected chi connectivity index (χ2v) is 23.2. The Labute approximate surface area is 372 Å². The fraction of sp³-hybridized carbons (Fsp3) is 0.957. The quantitative estimate of drug-likeness (QED) is 0.0618. The van der Waals surface area contributed by atoms with Gasteiger partial charge in [0.25, 0.3) is 11.8 Å². The predicted molar refractivity (Wildman–Crippen MR) is 252 cm³/mol. The summed E-state index contributed by atoms with van der Waals surface area (Å²) in [6, 6.07) is 0. The minimum absolute atomic E-state index is 0.0563. The molecule has 3 atom stereocenters. The van der Waals surface area contributed by atoms with E-state index in [0.29, 0.717) is 45.8 Å². The van der Waals surface area contributed by atoms with Crippen LogP contribution < -0.4 is 10.6 Å². The summed E-state index contributed by atoms with van der Waals surface area (Å²) in [5.41, 5.74) is -3.99. The maximum Gasteiger partial charge on any atom is 0.251 e. The summed E-state index contributed by atoms with van der Waals surface area (Å²) in [6.45, 7) is 42.1. The summed E-state index contributed by atoms with van der Waals surface area (Å²) in [5, 5.41) is 6.02. The van der Waals surface area contributed by atoms with Crippen LogP contribution in [0.3, 0.4) is 0 Å². The standard InChI is InChI=1S/C47H94N2O8S2/c1-35(56-46(16,17)40(4,5)24-28-52-44(12,13)38(50)48-26-22-30-58-20)32-42(8,9)54-34-37(3)55-43(10,11)33-36(2)57-47(18,19)41(6,7)25-29-53-45(14,15)39(51)49-27-23-31-59-21/h35-37H,22-34H2,1-21H3,(H,48,50)(H,49,51). The average Bonchev–Trinajstić information content (AvgIpc) is 3.05. The van der Waals surface area contributed by atoms with Crippen molar-refractivity contribution in [2.24, 2.45) is 10.8 Å². The molecule has 352 valence electrons. The van der Waals surface area contributed by atoms with Crippen molar-refractivity contribution in [3.8, 4) is 0 Å². The van der Waals surface area contributed by atoms with Crippen molar-refractivity contribution in [2.45, 2.75) is 222 Å². The smallest absolute Gasteiger partial charge is 0.251 e. The first-order valence-electron chi connectivity index (χ1n) is 22.2. The van der Waals surface area contributed by atoms with Gasteiger partial charge in [-0.15, -0.1) is 0 Å². The second kappa shape index (κ2) is 25.0. The molecule has 10 nitrogen and oxygen atoms in total. The third-order valence-corrected chi connectivity index (χ3v) is 13.5. The lowest BCUT2D eigenvalue weighted by atomic mass is 9.74. The molecule has 0 aromatic rings. The Hall–Kier alpha value is -0.600. The number of hydrogen-bond acceptors (Lipinski definition) is 10. The first-order chi connectivity index (χ1) is 26.7. The van der Waals surface area contributed by atoms with Gasteiger partial charge in [0.05, 0.1) is 47.3 Å². The highest BCUT2D eigenvalue weighted by atomic mass is 32.2. The van der Waals surface area contributed by atoms with Gasteiger partial charge < -0.3 is 39.1 Å². The molecule has 59 heavy (non-hydrogen) atoms. The molecular formula is C47H94N2O8S2. The molecule has 0 aliphatic carbocycles. The molecule has 2 amide bonds. The van der Waals surface area contributed by atoms with Gasteiger partial charge in [-0.2, -0.15) is 23.5 Å². The number of rotatable bonds is 33. The normalized spacial score (nSPS) is 15.5. The van der Waals surface area contributed by atoms with E-state index in [-0.39, 0.29) is 41.0 Å². The number of amides is 2. The predicted octanol–water partition coefficient (Wildman–Crippen LogP) is 10.3. The molecule has 0 aromatic carbocycles. The number of carbonyl (C=O) groups excluding carboxylic acids is 2. The Balaban J connectivity index is 5.01. The summed E-state index contributed by atoms with van der Waals surface area (Å²) in [5.74, 6) is 1.89. The highest BCUT2D eigenvalue weighted by Crippen LogP contribution is 2.41. The summed E-state index contributed by atoms with van der Waals surface area (Å²) in [4.78, 5) is 25.5. The highest BCUT2D eigenvalue weighted by Gasteiger charge is 2.42. The Morgan fingerprint density at radius 3 is 1.22 bits per heavy atom. The van der Waals surface area contributed by atoms with Crippen LogP contribution in [0, 0.1) is 10.8 Å². The van der Waals surface area contributed by atoms with Gasteiger partial charge in [0.15, 0.2) is 0 Å². The van der Waals surface area contributed by atoms with Gasteiger partial charge in [-0.3, -0.25) is 9.59 Å². The Bertz CT molecular complexity index is 1220. The van der Waals surface area contributed by atoms with E-state index in [9.17, 15) is 9.59 Å². The number of carbonyl (C=O) groups is 2. The van der Waals surface area contributed by atoms with E-state index in [1.165, 1.54) is 0 Å². The summed E-state index contributed by atoms with van der Waals surface area (Å²) >= 11 is 3.56. The maximum absolute atomic E-state index is 12.7. The number of hydrogen-bond donors (Lipinski definition) is 2. The lowest BCUT2D eigenvalue weighted by Crippen LogP contribution is -2.48. The fourth-order valence-electron chi connectivity index (χ4n) is 6.94. The molecule has 12 heteroatoms. The minimum Gasteiger partial charge on any atom is -0.373 e. The van der Waals surface area contributed by atoms with Crippen molar-refractivity contribution in [1.29, 1.82) is 0 Å². The first-order valence-corrected chi connectivity index (χ1v) is 25.0. The van der Waals surface area contributed by atoms with Crippen LogP contribution in [0.5, 0.6) is 0 Å². The van der Waals surface area contributed by atoms with Crippen LogP contribution in [0.2, 0.25) is 0 Å². The maximum atomic E-state index is 12.7. The molecule has 3 unspecified atom stereocenters. The Kier molecular flexibility index (Phi) is 24.8. The lowest BCUT2D eigenvalue weighted by Gasteiger charge is -2.45. The monoisotopic (exact) mass is 879 g/mol. The van der Waals surface area contributed by atoms with E-state index in [0.717, 1.165) is 37.2 Å². The van der Waals surface area contributed by atoms with Gasteiger partial charge in [-0.1, -0.05) is 27.7 Å². The number of thioether (sulfide) groups is 2. The zero-order chi connectivity index (χ0) is 46.2. The molecule has 2 N–H and O–H groups in total. The summed E-state index contributed by atoms with van der Waals surface area (Å²) in [6.07, 6.45) is 8.70. The molecular weight excluding hydrogens is 785 g/mol. The van der Waals surface area contributed by atoms with Crippen molar-refractivity contribution >= 4 is 35.3 Å². The molecule has 0 aliphatic heterocycles. The zero-order valence-corrected chi connectivity index (χ0v) is 43.6. The van der Waals surface area contributed by atoms with Gasteiger partial charge in [0, 0.05) is 39.1 Å². The van der Waals surface area contributed by atoms with E-state index < -0.39 is 33.6 Å². The van der Waals surface area contributed by atoms with E-state index in [4.69, 9.17) is 28.4 Å². The molecule has 0 rings (SSSR count). The van der Waals surface area contributed by atoms with E-state index in [1.54, 1.807) is 23.5 Å². The highest BCUT2D eigenvalue weighted by molar-refractivity contribution is 7.98. The average molecular weight is 879 g/mol. The molecule has 0 saturated heterocycles. The van der Waals surface area contributed by atoms with Crippen LogP contribution in [0.25, 0.3) is 0 Å². The summed E-state index contributed by atoms with van der Waals surface area (Å²) < 4.78 is 38.7. The van der Waals surface area contributed by atoms with Gasteiger partial charge in [0.1, 0.15) is 11.2 Å². The van der Waals surface area contributed by atoms with Crippen LogP contribution in [0.4, 0.5) is 0 Å². The van der Waals surface area contributed by atoms with Crippen molar-refractivity contribution < 1.29 is 38.0 Å². The van der Waals surface area contributed by atoms with E-state index in [2.05, 4.69) is 127 Å². The number of nitrogens with one attached hydrogen (secondary N) is 2. The molecule has 0 aliphatic rings. The molecule has 0 aromatic heterocycles. The molecule has 0 heterocycles. The summed E-state index contributed by atoms with van der Waals surface area (Å²) in [7, 11) is 0. The van der Waals surface area contributed by atoms with Crippen LogP contribution >= 0.6 is 23.5 Å². The van der Waals surface area contributed by atoms with Gasteiger partial charge in [0.2, 0.25) is 0 Å². The zero-order valence-electron chi connectivity index (χ0n) is 42.0. The minimum atomic E-state index is -0.895. The van der Waals surface area contributed by atoms with Crippen LogP contribution in [-0.4, -0.2) is 121 Å². The largest absolute Gasteiger partial charge is 0.373 e. The Morgan fingerprint density at radius 2 is 0.864 bits per heavy atom. The third kappa shape index (κ3) is 22.5. The van der Waals surface area contributed by atoms with Gasteiger partial charge in [-0.25, -0.2) is 0 Å². The van der Waals surface area contributed by atoms with Crippen LogP contribution in [0.15, 0.2) is 0 Å². The van der Waals surface area contributed by atoms with Crippen molar-refractivity contribution in [1.82, 2.24) is 10.6 Å². The van der Waals surface area contributed by atoms with Crippen molar-refractivity contribution in [2.75, 3.05) is 56.9 Å².